The highest BCUT2D eigenvalue weighted by atomic mass is 16.2. The van der Waals surface area contributed by atoms with Gasteiger partial charge < -0.3 is 11.1 Å². The predicted octanol–water partition coefficient (Wildman–Crippen LogP) is -0.307. The summed E-state index contributed by atoms with van der Waals surface area (Å²) in [5, 5.41) is 6.55. The van der Waals surface area contributed by atoms with Crippen LogP contribution in [0.1, 0.15) is 23.3 Å². The zero-order chi connectivity index (χ0) is 11.0. The first-order valence-corrected chi connectivity index (χ1v) is 4.73. The Morgan fingerprint density at radius 2 is 2.47 bits per heavy atom. The normalized spacial score (nSPS) is 20.3. The van der Waals surface area contributed by atoms with Crippen molar-refractivity contribution in [2.75, 3.05) is 5.73 Å². The second-order valence-electron chi connectivity index (χ2n) is 3.62. The topological polar surface area (TPSA) is 90.0 Å². The van der Waals surface area contributed by atoms with Crippen LogP contribution in [-0.2, 0) is 4.79 Å². The van der Waals surface area contributed by atoms with Gasteiger partial charge in [-0.3, -0.25) is 9.59 Å². The highest BCUT2D eigenvalue weighted by Crippen LogP contribution is 2.12. The van der Waals surface area contributed by atoms with Crippen LogP contribution in [0.3, 0.4) is 0 Å². The number of hydrogen-bond acceptors (Lipinski definition) is 4. The smallest absolute Gasteiger partial charge is 0.271 e. The van der Waals surface area contributed by atoms with Gasteiger partial charge in [0.25, 0.3) is 5.91 Å². The Labute approximate surface area is 86.4 Å². The molecule has 0 aromatic carbocycles. The Balaban J connectivity index is 2.21. The lowest BCUT2D eigenvalue weighted by Gasteiger charge is -2.09. The van der Waals surface area contributed by atoms with Gasteiger partial charge in [0.1, 0.15) is 11.9 Å². The van der Waals surface area contributed by atoms with E-state index in [1.807, 2.05) is 0 Å². The van der Waals surface area contributed by atoms with Crippen molar-refractivity contribution in [1.82, 2.24) is 15.1 Å². The van der Waals surface area contributed by atoms with Crippen LogP contribution in [-0.4, -0.2) is 27.6 Å². The molecule has 3 N–H and O–H groups in total. The third-order valence-electron chi connectivity index (χ3n) is 2.36. The fraction of sp³-hybridized carbons (Fsp3) is 0.444. The lowest BCUT2D eigenvalue weighted by Crippen LogP contribution is -2.37. The number of nitrogens with two attached hydrogens (primary N) is 1. The number of aromatic nitrogens is 2. The van der Waals surface area contributed by atoms with Crippen LogP contribution in [0.15, 0.2) is 6.07 Å². The largest absolute Gasteiger partial charge is 0.383 e. The van der Waals surface area contributed by atoms with E-state index in [0.717, 1.165) is 4.68 Å². The standard InChI is InChI=1S/C9H12N4O2/c1-5-4-7(10)13(12-5)9(15)6-2-3-8(14)11-6/h4,6H,2-3,10H2,1H3,(H,11,14). The van der Waals surface area contributed by atoms with Crippen LogP contribution in [0, 0.1) is 6.92 Å². The zero-order valence-electron chi connectivity index (χ0n) is 8.36. The zero-order valence-corrected chi connectivity index (χ0v) is 8.36. The predicted molar refractivity (Wildman–Crippen MR) is 53.2 cm³/mol. The molecular formula is C9H12N4O2. The lowest BCUT2D eigenvalue weighted by atomic mass is 10.2. The van der Waals surface area contributed by atoms with Gasteiger partial charge >= 0.3 is 0 Å². The number of carbonyl (C=O) groups is 2. The van der Waals surface area contributed by atoms with Gasteiger partial charge in [0.05, 0.1) is 5.69 Å². The van der Waals surface area contributed by atoms with E-state index in [2.05, 4.69) is 10.4 Å². The van der Waals surface area contributed by atoms with E-state index in [4.69, 9.17) is 5.73 Å². The van der Waals surface area contributed by atoms with E-state index in [0.29, 0.717) is 24.4 Å². The van der Waals surface area contributed by atoms with Gasteiger partial charge in [-0.05, 0) is 13.3 Å². The van der Waals surface area contributed by atoms with E-state index in [9.17, 15) is 9.59 Å². The van der Waals surface area contributed by atoms with E-state index in [1.54, 1.807) is 13.0 Å². The molecule has 1 aliphatic heterocycles. The number of amides is 1. The van der Waals surface area contributed by atoms with Gasteiger partial charge in [-0.15, -0.1) is 0 Å². The first-order valence-electron chi connectivity index (χ1n) is 4.73. The number of rotatable bonds is 1. The summed E-state index contributed by atoms with van der Waals surface area (Å²) in [6.45, 7) is 1.76. The maximum absolute atomic E-state index is 11.8. The van der Waals surface area contributed by atoms with Gasteiger partial charge in [0, 0.05) is 12.5 Å². The number of carbonyl (C=O) groups excluding carboxylic acids is 2. The summed E-state index contributed by atoms with van der Waals surface area (Å²) in [5.74, 6) is -0.0686. The molecule has 0 spiro atoms. The molecule has 6 heteroatoms. The summed E-state index contributed by atoms with van der Waals surface area (Å²) in [5.41, 5.74) is 6.30. The first-order chi connectivity index (χ1) is 7.08. The molecule has 1 fully saturated rings. The van der Waals surface area contributed by atoms with Crippen LogP contribution in [0.25, 0.3) is 0 Å². The summed E-state index contributed by atoms with van der Waals surface area (Å²) in [6.07, 6.45) is 0.895. The molecule has 1 aliphatic rings. The summed E-state index contributed by atoms with van der Waals surface area (Å²) in [6, 6.07) is 1.13. The van der Waals surface area contributed by atoms with Crippen molar-refractivity contribution in [3.8, 4) is 0 Å². The maximum atomic E-state index is 11.8. The summed E-state index contributed by atoms with van der Waals surface area (Å²) in [4.78, 5) is 22.8. The average molecular weight is 208 g/mol. The van der Waals surface area contributed by atoms with E-state index < -0.39 is 6.04 Å². The number of nitrogens with one attached hydrogen (secondary N) is 1. The Bertz CT molecular complexity index is 424. The van der Waals surface area contributed by atoms with E-state index in [-0.39, 0.29) is 11.8 Å². The summed E-state index contributed by atoms with van der Waals surface area (Å²) in [7, 11) is 0. The van der Waals surface area contributed by atoms with E-state index >= 15 is 0 Å². The molecule has 1 amide bonds. The molecule has 0 bridgehead atoms. The second kappa shape index (κ2) is 3.38. The van der Waals surface area contributed by atoms with Crippen molar-refractivity contribution in [1.29, 1.82) is 0 Å². The van der Waals surface area contributed by atoms with Crippen molar-refractivity contribution in [3.05, 3.63) is 11.8 Å². The molecule has 0 radical (unpaired) electrons. The number of nitrogens with zero attached hydrogens (tertiary/aromatic N) is 2. The molecular weight excluding hydrogens is 196 g/mol. The van der Waals surface area contributed by atoms with Gasteiger partial charge in [-0.25, -0.2) is 0 Å². The van der Waals surface area contributed by atoms with Crippen LogP contribution < -0.4 is 11.1 Å². The van der Waals surface area contributed by atoms with Crippen molar-refractivity contribution < 1.29 is 9.59 Å². The highest BCUT2D eigenvalue weighted by molar-refractivity contribution is 5.92. The van der Waals surface area contributed by atoms with Gasteiger partial charge in [-0.2, -0.15) is 9.78 Å². The number of anilines is 1. The lowest BCUT2D eigenvalue weighted by molar-refractivity contribution is -0.119. The summed E-state index contributed by atoms with van der Waals surface area (Å²) < 4.78 is 1.14. The molecule has 1 aromatic heterocycles. The number of nitrogen functional groups attached to an aromatic ring is 1. The van der Waals surface area contributed by atoms with Crippen LogP contribution >= 0.6 is 0 Å². The quantitative estimate of drug-likeness (QED) is 0.662. The third-order valence-corrected chi connectivity index (χ3v) is 2.36. The Hall–Kier alpha value is -1.85. The Morgan fingerprint density at radius 3 is 2.93 bits per heavy atom. The minimum absolute atomic E-state index is 0.101. The molecule has 80 valence electrons. The second-order valence-corrected chi connectivity index (χ2v) is 3.62. The Morgan fingerprint density at radius 1 is 1.73 bits per heavy atom. The molecule has 1 saturated heterocycles. The maximum Gasteiger partial charge on any atom is 0.271 e. The highest BCUT2D eigenvalue weighted by Gasteiger charge is 2.29. The molecule has 1 unspecified atom stereocenters. The van der Waals surface area contributed by atoms with Gasteiger partial charge in [0.2, 0.25) is 5.91 Å². The molecule has 1 atom stereocenters. The monoisotopic (exact) mass is 208 g/mol. The van der Waals surface area contributed by atoms with E-state index in [1.165, 1.54) is 0 Å². The van der Waals surface area contributed by atoms with Crippen molar-refractivity contribution in [3.63, 3.8) is 0 Å². The summed E-state index contributed by atoms with van der Waals surface area (Å²) >= 11 is 0. The average Bonchev–Trinajstić information content (AvgIpc) is 2.71. The van der Waals surface area contributed by atoms with Crippen LogP contribution in [0.2, 0.25) is 0 Å². The molecule has 15 heavy (non-hydrogen) atoms. The molecule has 2 rings (SSSR count). The Kier molecular flexibility index (Phi) is 2.18. The van der Waals surface area contributed by atoms with Crippen molar-refractivity contribution >= 4 is 17.6 Å². The fourth-order valence-electron chi connectivity index (χ4n) is 1.64. The minimum atomic E-state index is -0.487. The van der Waals surface area contributed by atoms with Gasteiger partial charge in [-0.1, -0.05) is 0 Å². The van der Waals surface area contributed by atoms with Gasteiger partial charge in [0.15, 0.2) is 0 Å². The fourth-order valence-corrected chi connectivity index (χ4v) is 1.64. The molecule has 6 nitrogen and oxygen atoms in total. The SMILES string of the molecule is Cc1cc(N)n(C(=O)C2CCC(=O)N2)n1. The molecule has 2 heterocycles. The number of aryl methyl sites for hydroxylation is 1. The molecule has 0 saturated carbocycles. The minimum Gasteiger partial charge on any atom is -0.383 e. The van der Waals surface area contributed by atoms with Crippen LogP contribution in [0.4, 0.5) is 5.82 Å². The van der Waals surface area contributed by atoms with Crippen molar-refractivity contribution in [2.45, 2.75) is 25.8 Å². The molecule has 0 aliphatic carbocycles. The third kappa shape index (κ3) is 1.70. The van der Waals surface area contributed by atoms with Crippen molar-refractivity contribution in [2.24, 2.45) is 0 Å². The number of hydrogen-bond donors (Lipinski definition) is 2. The molecule has 1 aromatic rings. The van der Waals surface area contributed by atoms with Crippen LogP contribution in [0.5, 0.6) is 0 Å². The first kappa shape index (κ1) is 9.70.